The molecule has 0 aliphatic rings. The van der Waals surface area contributed by atoms with Gasteiger partial charge in [0.15, 0.2) is 0 Å². The summed E-state index contributed by atoms with van der Waals surface area (Å²) < 4.78 is 108. The number of para-hydroxylation sites is 2. The standard InChI is InChI=1S/C42H26O/c1-2-11-27(12-3-1)28-21-22-30-26-31(24-23-29(30)25-28)40-33-14-4-6-16-35(33)41(36-17-7-5-15-34(36)40)38-19-10-18-37-32-13-8-9-20-39(32)43-42(37)38/h1-26H/i1D,2D,3D,8D,9D,10D,11D,12D,13D,18D,19D,20D. The third kappa shape index (κ3) is 3.72. The minimum absolute atomic E-state index is 0.00289. The Morgan fingerprint density at radius 3 is 1.72 bits per heavy atom. The summed E-state index contributed by atoms with van der Waals surface area (Å²) in [4.78, 5) is 0. The molecular weight excluding hydrogens is 520 g/mol. The van der Waals surface area contributed by atoms with E-state index in [0.29, 0.717) is 11.1 Å². The molecule has 0 saturated heterocycles. The Kier molecular flexibility index (Phi) is 3.29. The van der Waals surface area contributed by atoms with Crippen LogP contribution in [0.5, 0.6) is 0 Å². The van der Waals surface area contributed by atoms with Gasteiger partial charge in [-0.15, -0.1) is 0 Å². The van der Waals surface area contributed by atoms with Gasteiger partial charge in [0.25, 0.3) is 0 Å². The lowest BCUT2D eigenvalue weighted by Crippen LogP contribution is -1.91. The maximum atomic E-state index is 9.23. The highest BCUT2D eigenvalue weighted by Crippen LogP contribution is 2.46. The second-order valence-corrected chi connectivity index (χ2v) is 10.4. The molecule has 1 heteroatoms. The lowest BCUT2D eigenvalue weighted by Gasteiger charge is -2.18. The van der Waals surface area contributed by atoms with E-state index < -0.39 is 42.3 Å². The average Bonchev–Trinajstić information content (AvgIpc) is 3.60. The SMILES string of the molecule is [2H]c1c([2H])c([2H])c(-c2ccc3cc(-c4c5ccccc5c(-c5c([2H])c([2H])c([2H])c6c5oc5c([2H])c([2H])c([2H])c([2H])c56)c5ccccc45)ccc3c2)c([2H])c1[2H]. The Morgan fingerprint density at radius 1 is 0.419 bits per heavy atom. The molecular formula is C42H26O. The van der Waals surface area contributed by atoms with Crippen molar-refractivity contribution in [3.05, 3.63) is 157 Å². The fourth-order valence-corrected chi connectivity index (χ4v) is 6.16. The van der Waals surface area contributed by atoms with Gasteiger partial charge in [-0.2, -0.15) is 0 Å². The first kappa shape index (κ1) is 15.0. The quantitative estimate of drug-likeness (QED) is 0.197. The van der Waals surface area contributed by atoms with E-state index in [-0.39, 0.29) is 63.3 Å². The van der Waals surface area contributed by atoms with Crippen LogP contribution in [0.4, 0.5) is 0 Å². The molecule has 0 aliphatic heterocycles. The van der Waals surface area contributed by atoms with E-state index in [9.17, 15) is 1.37 Å². The van der Waals surface area contributed by atoms with E-state index in [2.05, 4.69) is 0 Å². The molecule has 0 atom stereocenters. The number of fused-ring (bicyclic) bond motifs is 6. The predicted octanol–water partition coefficient (Wildman–Crippen LogP) is 12.0. The fourth-order valence-electron chi connectivity index (χ4n) is 6.16. The first-order valence-corrected chi connectivity index (χ1v) is 13.8. The zero-order valence-corrected chi connectivity index (χ0v) is 22.5. The van der Waals surface area contributed by atoms with Crippen LogP contribution >= 0.6 is 0 Å². The molecule has 0 N–H and O–H groups in total. The summed E-state index contributed by atoms with van der Waals surface area (Å²) in [6, 6.07) is 22.1. The first-order chi connectivity index (χ1) is 26.3. The Balaban J connectivity index is 1.33. The molecule has 0 saturated carbocycles. The van der Waals surface area contributed by atoms with Gasteiger partial charge in [-0.3, -0.25) is 0 Å². The van der Waals surface area contributed by atoms with E-state index in [4.69, 9.17) is 19.5 Å². The van der Waals surface area contributed by atoms with Gasteiger partial charge in [0, 0.05) is 21.9 Å². The molecule has 1 heterocycles. The smallest absolute Gasteiger partial charge is 0.143 e. The number of hydrogen-bond donors (Lipinski definition) is 0. The van der Waals surface area contributed by atoms with E-state index in [1.165, 1.54) is 0 Å². The largest absolute Gasteiger partial charge is 0.455 e. The maximum Gasteiger partial charge on any atom is 0.143 e. The van der Waals surface area contributed by atoms with E-state index in [1.807, 2.05) is 78.9 Å². The highest BCUT2D eigenvalue weighted by Gasteiger charge is 2.20. The summed E-state index contributed by atoms with van der Waals surface area (Å²) in [5.41, 5.74) is 3.06. The number of rotatable bonds is 3. The predicted molar refractivity (Wildman–Crippen MR) is 183 cm³/mol. The summed E-state index contributed by atoms with van der Waals surface area (Å²) in [6.45, 7) is 0. The van der Waals surface area contributed by atoms with Crippen molar-refractivity contribution < 1.29 is 20.9 Å². The average molecular weight is 559 g/mol. The van der Waals surface area contributed by atoms with Crippen molar-refractivity contribution >= 4 is 54.3 Å². The molecule has 1 aromatic heterocycles. The normalized spacial score (nSPS) is 15.6. The first-order valence-electron chi connectivity index (χ1n) is 19.8. The van der Waals surface area contributed by atoms with E-state index >= 15 is 0 Å². The lowest BCUT2D eigenvalue weighted by atomic mass is 9.85. The van der Waals surface area contributed by atoms with Crippen LogP contribution in [-0.2, 0) is 0 Å². The van der Waals surface area contributed by atoms with Gasteiger partial charge in [0.05, 0.1) is 16.4 Å². The van der Waals surface area contributed by atoms with Gasteiger partial charge < -0.3 is 4.42 Å². The van der Waals surface area contributed by atoms with Crippen LogP contribution in [0.15, 0.2) is 162 Å². The van der Waals surface area contributed by atoms with Crippen molar-refractivity contribution in [2.75, 3.05) is 0 Å². The molecule has 0 bridgehead atoms. The van der Waals surface area contributed by atoms with Crippen LogP contribution in [0, 0.1) is 0 Å². The summed E-state index contributed by atoms with van der Waals surface area (Å²) in [5.74, 6) is 0. The highest BCUT2D eigenvalue weighted by atomic mass is 16.3. The van der Waals surface area contributed by atoms with Gasteiger partial charge in [-0.05, 0) is 72.7 Å². The minimum Gasteiger partial charge on any atom is -0.455 e. The summed E-state index contributed by atoms with van der Waals surface area (Å²) >= 11 is 0. The molecule has 0 fully saturated rings. The van der Waals surface area contributed by atoms with Crippen molar-refractivity contribution in [3.63, 3.8) is 0 Å². The maximum absolute atomic E-state index is 9.23. The molecule has 1 nitrogen and oxygen atoms in total. The molecule has 9 rings (SSSR count). The molecule has 0 aliphatic carbocycles. The topological polar surface area (TPSA) is 13.1 Å². The second kappa shape index (κ2) is 9.44. The molecule has 8 aromatic carbocycles. The van der Waals surface area contributed by atoms with Gasteiger partial charge in [-0.25, -0.2) is 0 Å². The molecule has 200 valence electrons. The Bertz CT molecular complexity index is 3100. The van der Waals surface area contributed by atoms with E-state index in [1.54, 1.807) is 6.07 Å². The number of furan rings is 1. The van der Waals surface area contributed by atoms with Crippen molar-refractivity contribution in [1.29, 1.82) is 0 Å². The van der Waals surface area contributed by atoms with Crippen LogP contribution in [0.3, 0.4) is 0 Å². The fraction of sp³-hybridized carbons (Fsp3) is 0. The Labute approximate surface area is 266 Å². The number of hydrogen-bond acceptors (Lipinski definition) is 1. The van der Waals surface area contributed by atoms with E-state index in [0.717, 1.165) is 43.4 Å². The second-order valence-electron chi connectivity index (χ2n) is 10.4. The monoisotopic (exact) mass is 558 g/mol. The summed E-state index contributed by atoms with van der Waals surface area (Å²) in [6.07, 6.45) is 0. The zero-order chi connectivity index (χ0) is 38.8. The van der Waals surface area contributed by atoms with Gasteiger partial charge in [-0.1, -0.05) is 139 Å². The summed E-state index contributed by atoms with van der Waals surface area (Å²) in [7, 11) is 0. The Morgan fingerprint density at radius 2 is 1.00 bits per heavy atom. The lowest BCUT2D eigenvalue weighted by molar-refractivity contribution is 0.670. The number of benzene rings is 8. The van der Waals surface area contributed by atoms with Crippen LogP contribution < -0.4 is 0 Å². The van der Waals surface area contributed by atoms with Crippen molar-refractivity contribution in [2.45, 2.75) is 0 Å². The van der Waals surface area contributed by atoms with Gasteiger partial charge >= 0.3 is 0 Å². The highest BCUT2D eigenvalue weighted by molar-refractivity contribution is 6.24. The third-order valence-corrected chi connectivity index (χ3v) is 8.04. The van der Waals surface area contributed by atoms with Crippen LogP contribution in [0.2, 0.25) is 0 Å². The van der Waals surface area contributed by atoms with Gasteiger partial charge in [0.1, 0.15) is 11.2 Å². The van der Waals surface area contributed by atoms with Gasteiger partial charge in [0.2, 0.25) is 0 Å². The molecule has 43 heavy (non-hydrogen) atoms. The third-order valence-electron chi connectivity index (χ3n) is 8.04. The van der Waals surface area contributed by atoms with Crippen LogP contribution in [-0.4, -0.2) is 0 Å². The van der Waals surface area contributed by atoms with Crippen LogP contribution in [0.1, 0.15) is 16.4 Å². The van der Waals surface area contributed by atoms with Crippen molar-refractivity contribution in [1.82, 2.24) is 0 Å². The van der Waals surface area contributed by atoms with Crippen molar-refractivity contribution in [2.24, 2.45) is 0 Å². The van der Waals surface area contributed by atoms with Crippen molar-refractivity contribution in [3.8, 4) is 33.4 Å². The molecule has 0 amide bonds. The molecule has 9 aromatic rings. The molecule has 0 unspecified atom stereocenters. The zero-order valence-electron chi connectivity index (χ0n) is 34.5. The summed E-state index contributed by atoms with van der Waals surface area (Å²) in [5, 5.41) is 4.79. The molecule has 0 radical (unpaired) electrons. The Hall–Kier alpha value is -5.66. The van der Waals surface area contributed by atoms with Crippen LogP contribution in [0.25, 0.3) is 87.6 Å². The minimum atomic E-state index is -0.484. The molecule has 0 spiro atoms.